The van der Waals surface area contributed by atoms with Gasteiger partial charge in [-0.25, -0.2) is 9.56 Å². The summed E-state index contributed by atoms with van der Waals surface area (Å²) < 4.78 is 2.16. The zero-order valence-corrected chi connectivity index (χ0v) is 19.1. The molecule has 0 bridgehead atoms. The Kier molecular flexibility index (Phi) is 4.64. The number of hydrogen-bond acceptors (Lipinski definition) is 4. The zero-order valence-electron chi connectivity index (χ0n) is 17.5. The number of fused-ring (bicyclic) bond motifs is 2. The van der Waals surface area contributed by atoms with E-state index in [4.69, 9.17) is 9.98 Å². The highest BCUT2D eigenvalue weighted by molar-refractivity contribution is 8.18. The molecule has 0 spiro atoms. The van der Waals surface area contributed by atoms with E-state index < -0.39 is 0 Å². The Balaban J connectivity index is 1.54. The number of thiazole rings is 1. The van der Waals surface area contributed by atoms with Crippen LogP contribution in [0.4, 0.5) is 16.5 Å². The number of thioether (sulfide) groups is 1. The maximum absolute atomic E-state index is 5.06. The molecule has 30 heavy (non-hydrogen) atoms. The first-order valence-corrected chi connectivity index (χ1v) is 11.5. The Hall–Kier alpha value is -2.70. The predicted octanol–water partition coefficient (Wildman–Crippen LogP) is 6.06. The van der Waals surface area contributed by atoms with Crippen molar-refractivity contribution in [3.63, 3.8) is 0 Å². The lowest BCUT2D eigenvalue weighted by atomic mass is 9.80. The smallest absolute Gasteiger partial charge is 0.321 e. The molecule has 0 N–H and O–H groups in total. The van der Waals surface area contributed by atoms with Crippen molar-refractivity contribution in [2.24, 2.45) is 4.99 Å². The standard InChI is InChI=1S/C24H23N4S2/c1-24(2)20-18(29-22(25-20)27(3)16-11-7-5-8-12-16)15-19-21(24)26-23(30-19)28(4)17-13-9-6-10-14-17/h5-15H,1-4H3/q+1. The molecular weight excluding hydrogens is 408 g/mol. The van der Waals surface area contributed by atoms with E-state index >= 15 is 0 Å². The normalized spacial score (nSPS) is 18.3. The minimum absolute atomic E-state index is 0.238. The molecule has 6 heteroatoms. The summed E-state index contributed by atoms with van der Waals surface area (Å²) in [6, 6.07) is 20.7. The van der Waals surface area contributed by atoms with Gasteiger partial charge in [0.25, 0.3) is 0 Å². The molecule has 5 rings (SSSR count). The van der Waals surface area contributed by atoms with E-state index in [2.05, 4.69) is 92.0 Å². The Morgan fingerprint density at radius 3 is 2.33 bits per heavy atom. The van der Waals surface area contributed by atoms with Crippen molar-refractivity contribution >= 4 is 56.6 Å². The molecule has 2 heterocycles. The molecule has 0 atom stereocenters. The topological polar surface area (TPSA) is 31.5 Å². The summed E-state index contributed by atoms with van der Waals surface area (Å²) in [5, 5.41) is 2.01. The van der Waals surface area contributed by atoms with E-state index in [1.54, 1.807) is 23.1 Å². The van der Waals surface area contributed by atoms with Gasteiger partial charge in [0.1, 0.15) is 5.69 Å². The first kappa shape index (κ1) is 19.3. The quantitative estimate of drug-likeness (QED) is 0.472. The molecule has 3 aromatic rings. The van der Waals surface area contributed by atoms with Crippen LogP contribution in [-0.2, 0) is 5.41 Å². The summed E-state index contributed by atoms with van der Waals surface area (Å²) in [7, 11) is 4.15. The maximum atomic E-state index is 5.06. The highest BCUT2D eigenvalue weighted by Gasteiger charge is 2.47. The van der Waals surface area contributed by atoms with E-state index in [-0.39, 0.29) is 5.41 Å². The molecule has 1 aliphatic carbocycles. The third-order valence-corrected chi connectivity index (χ3v) is 7.75. The summed E-state index contributed by atoms with van der Waals surface area (Å²) in [6.45, 7) is 4.46. The Labute approximate surface area is 185 Å². The lowest BCUT2D eigenvalue weighted by Gasteiger charge is -2.24. The minimum Gasteiger partial charge on any atom is -0.321 e. The van der Waals surface area contributed by atoms with Crippen molar-refractivity contribution in [2.75, 3.05) is 19.0 Å². The monoisotopic (exact) mass is 431 g/mol. The first-order valence-electron chi connectivity index (χ1n) is 9.90. The average Bonchev–Trinajstić information content (AvgIpc) is 3.40. The highest BCUT2D eigenvalue weighted by atomic mass is 32.2. The lowest BCUT2D eigenvalue weighted by molar-refractivity contribution is -0.402. The highest BCUT2D eigenvalue weighted by Crippen LogP contribution is 2.47. The Morgan fingerprint density at radius 1 is 0.967 bits per heavy atom. The predicted molar refractivity (Wildman–Crippen MR) is 130 cm³/mol. The minimum atomic E-state index is -0.238. The Bertz CT molecular complexity index is 1200. The van der Waals surface area contributed by atoms with Gasteiger partial charge in [0.2, 0.25) is 0 Å². The molecule has 150 valence electrons. The molecule has 0 saturated heterocycles. The number of allylic oxidation sites excluding steroid dienone is 1. The molecule has 2 aromatic carbocycles. The van der Waals surface area contributed by atoms with Gasteiger partial charge in [0, 0.05) is 24.5 Å². The fourth-order valence-electron chi connectivity index (χ4n) is 3.77. The average molecular weight is 432 g/mol. The van der Waals surface area contributed by atoms with E-state index in [1.807, 2.05) is 12.1 Å². The van der Waals surface area contributed by atoms with Crippen LogP contribution in [-0.4, -0.2) is 34.5 Å². The molecule has 0 amide bonds. The second kappa shape index (κ2) is 7.22. The number of anilines is 2. The first-order chi connectivity index (χ1) is 14.4. The van der Waals surface area contributed by atoms with Crippen LogP contribution >= 0.6 is 23.1 Å². The number of amidine groups is 1. The number of nitrogens with zero attached hydrogens (tertiary/aromatic N) is 4. The molecule has 4 nitrogen and oxygen atoms in total. The van der Waals surface area contributed by atoms with E-state index in [9.17, 15) is 0 Å². The van der Waals surface area contributed by atoms with E-state index in [0.29, 0.717) is 0 Å². The number of para-hydroxylation sites is 2. The fourth-order valence-corrected chi connectivity index (χ4v) is 6.15. The van der Waals surface area contributed by atoms with Crippen molar-refractivity contribution < 1.29 is 4.58 Å². The molecule has 0 saturated carbocycles. The van der Waals surface area contributed by atoms with E-state index in [0.717, 1.165) is 33.1 Å². The van der Waals surface area contributed by atoms with Gasteiger partial charge >= 0.3 is 5.17 Å². The third kappa shape index (κ3) is 3.11. The van der Waals surface area contributed by atoms with Gasteiger partial charge in [-0.05, 0) is 49.2 Å². The van der Waals surface area contributed by atoms with Gasteiger partial charge in [-0.1, -0.05) is 47.7 Å². The van der Waals surface area contributed by atoms with Crippen LogP contribution in [0.2, 0.25) is 0 Å². The summed E-state index contributed by atoms with van der Waals surface area (Å²) in [5.74, 6) is 0. The maximum Gasteiger partial charge on any atom is 0.364 e. The zero-order chi connectivity index (χ0) is 20.9. The molecule has 0 unspecified atom stereocenters. The molecular formula is C24H23N4S2+. The molecule has 0 fully saturated rings. The summed E-state index contributed by atoms with van der Waals surface area (Å²) in [6.07, 6.45) is 2.26. The van der Waals surface area contributed by atoms with Gasteiger partial charge in [-0.15, -0.1) is 0 Å². The number of aromatic nitrogens is 1. The fraction of sp³-hybridized carbons (Fsp3) is 0.208. The van der Waals surface area contributed by atoms with Gasteiger partial charge in [0.15, 0.2) is 10.8 Å². The molecule has 1 aromatic heterocycles. The summed E-state index contributed by atoms with van der Waals surface area (Å²) >= 11 is 3.49. The van der Waals surface area contributed by atoms with Gasteiger partial charge < -0.3 is 4.90 Å². The number of hydrogen-bond donors (Lipinski definition) is 0. The van der Waals surface area contributed by atoms with Crippen LogP contribution in [0.15, 0.2) is 70.6 Å². The summed E-state index contributed by atoms with van der Waals surface area (Å²) in [5.41, 5.74) is 4.26. The molecule has 1 aliphatic heterocycles. The lowest BCUT2D eigenvalue weighted by Crippen LogP contribution is -2.32. The van der Waals surface area contributed by atoms with Crippen LogP contribution in [0.5, 0.6) is 0 Å². The van der Waals surface area contributed by atoms with Crippen LogP contribution < -0.4 is 4.90 Å². The van der Waals surface area contributed by atoms with Crippen molar-refractivity contribution in [1.29, 1.82) is 0 Å². The SMILES string of the molecule is CN(c1ccccc1)c1nc2c(s1)C=C1SC(=[N+](C)c3ccccc3)N=C1C2(C)C. The van der Waals surface area contributed by atoms with Crippen LogP contribution in [0.1, 0.15) is 24.4 Å². The van der Waals surface area contributed by atoms with E-state index in [1.165, 1.54) is 9.78 Å². The van der Waals surface area contributed by atoms with Gasteiger partial charge in [-0.2, -0.15) is 0 Å². The van der Waals surface area contributed by atoms with Crippen molar-refractivity contribution in [1.82, 2.24) is 4.98 Å². The van der Waals surface area contributed by atoms with Crippen molar-refractivity contribution in [3.05, 3.63) is 76.1 Å². The second-order valence-corrected chi connectivity index (χ2v) is 10.00. The number of rotatable bonds is 3. The van der Waals surface area contributed by atoms with Crippen molar-refractivity contribution in [2.45, 2.75) is 19.3 Å². The van der Waals surface area contributed by atoms with Crippen LogP contribution in [0.3, 0.4) is 0 Å². The molecule has 2 aliphatic rings. The number of aliphatic imine (C=N–C) groups is 1. The van der Waals surface area contributed by atoms with Crippen LogP contribution in [0, 0.1) is 0 Å². The third-order valence-electron chi connectivity index (χ3n) is 5.59. The van der Waals surface area contributed by atoms with Gasteiger partial charge in [0.05, 0.1) is 27.9 Å². The Morgan fingerprint density at radius 2 is 1.63 bits per heavy atom. The van der Waals surface area contributed by atoms with Crippen molar-refractivity contribution in [3.8, 4) is 0 Å². The van der Waals surface area contributed by atoms with Crippen LogP contribution in [0.25, 0.3) is 6.08 Å². The number of benzene rings is 2. The van der Waals surface area contributed by atoms with Gasteiger partial charge in [-0.3, -0.25) is 0 Å². The summed E-state index contributed by atoms with van der Waals surface area (Å²) in [4.78, 5) is 14.7. The largest absolute Gasteiger partial charge is 0.364 e. The molecule has 0 radical (unpaired) electrons. The second-order valence-electron chi connectivity index (χ2n) is 7.98.